The Balaban J connectivity index is 1.87. The Hall–Kier alpha value is -0.0800. The molecule has 1 aliphatic carbocycles. The van der Waals surface area contributed by atoms with Gasteiger partial charge in [0, 0.05) is 12.6 Å². The van der Waals surface area contributed by atoms with Crippen LogP contribution in [-0.4, -0.2) is 37.1 Å². The number of hydrogen-bond donors (Lipinski definition) is 1. The maximum atomic E-state index is 3.48. The minimum Gasteiger partial charge on any atom is -0.317 e. The third-order valence-corrected chi connectivity index (χ3v) is 4.92. The van der Waals surface area contributed by atoms with Crippen LogP contribution in [0.15, 0.2) is 0 Å². The van der Waals surface area contributed by atoms with E-state index in [0.717, 1.165) is 12.0 Å². The van der Waals surface area contributed by atoms with E-state index in [9.17, 15) is 0 Å². The van der Waals surface area contributed by atoms with E-state index in [-0.39, 0.29) is 0 Å². The molecule has 0 aromatic carbocycles. The lowest BCUT2D eigenvalue weighted by Gasteiger charge is -2.34. The Labute approximate surface area is 114 Å². The third kappa shape index (κ3) is 3.96. The zero-order valence-corrected chi connectivity index (χ0v) is 12.7. The Kier molecular flexibility index (Phi) is 5.08. The fourth-order valence-corrected chi connectivity index (χ4v) is 3.82. The first-order valence-electron chi connectivity index (χ1n) is 8.05. The Bertz CT molecular complexity index is 243. The third-order valence-electron chi connectivity index (χ3n) is 4.92. The van der Waals surface area contributed by atoms with E-state index < -0.39 is 0 Å². The molecule has 1 atom stereocenters. The Morgan fingerprint density at radius 2 is 1.89 bits per heavy atom. The molecule has 0 bridgehead atoms. The molecule has 0 aromatic heterocycles. The summed E-state index contributed by atoms with van der Waals surface area (Å²) in [6.45, 7) is 12.4. The summed E-state index contributed by atoms with van der Waals surface area (Å²) >= 11 is 0. The molecule has 2 aliphatic rings. The van der Waals surface area contributed by atoms with Crippen LogP contribution in [0.5, 0.6) is 0 Å². The lowest BCUT2D eigenvalue weighted by atomic mass is 9.91. The van der Waals surface area contributed by atoms with Crippen LogP contribution >= 0.6 is 0 Å². The molecule has 1 heterocycles. The van der Waals surface area contributed by atoms with Crippen LogP contribution in [0.1, 0.15) is 59.3 Å². The maximum absolute atomic E-state index is 3.48. The lowest BCUT2D eigenvalue weighted by Crippen LogP contribution is -2.41. The monoisotopic (exact) mass is 252 g/mol. The quantitative estimate of drug-likeness (QED) is 0.808. The fraction of sp³-hybridized carbons (Fsp3) is 1.00. The number of nitrogens with one attached hydrogen (secondary N) is 1. The molecule has 1 aliphatic heterocycles. The molecule has 1 saturated heterocycles. The second-order valence-corrected chi connectivity index (χ2v) is 7.25. The van der Waals surface area contributed by atoms with Gasteiger partial charge in [0.05, 0.1) is 0 Å². The van der Waals surface area contributed by atoms with Crippen molar-refractivity contribution in [3.05, 3.63) is 0 Å². The van der Waals surface area contributed by atoms with E-state index in [1.54, 1.807) is 0 Å². The number of rotatable bonds is 5. The van der Waals surface area contributed by atoms with Crippen molar-refractivity contribution in [2.45, 2.75) is 65.3 Å². The van der Waals surface area contributed by atoms with Crippen molar-refractivity contribution < 1.29 is 0 Å². The second-order valence-electron chi connectivity index (χ2n) is 7.25. The summed E-state index contributed by atoms with van der Waals surface area (Å²) in [6, 6.07) is 0.870. The molecule has 0 aromatic rings. The molecule has 0 spiro atoms. The molecule has 1 unspecified atom stereocenters. The van der Waals surface area contributed by atoms with Crippen molar-refractivity contribution in [1.29, 1.82) is 0 Å². The molecular weight excluding hydrogens is 220 g/mol. The van der Waals surface area contributed by atoms with E-state index in [1.807, 2.05) is 0 Å². The fourth-order valence-electron chi connectivity index (χ4n) is 3.82. The van der Waals surface area contributed by atoms with Crippen molar-refractivity contribution in [2.75, 3.05) is 26.2 Å². The summed E-state index contributed by atoms with van der Waals surface area (Å²) in [6.07, 6.45) is 8.34. The van der Waals surface area contributed by atoms with Crippen LogP contribution in [0.4, 0.5) is 0 Å². The van der Waals surface area contributed by atoms with E-state index in [0.29, 0.717) is 5.41 Å². The first kappa shape index (κ1) is 14.3. The summed E-state index contributed by atoms with van der Waals surface area (Å²) in [5.41, 5.74) is 0.588. The highest BCUT2D eigenvalue weighted by Crippen LogP contribution is 2.39. The first-order valence-corrected chi connectivity index (χ1v) is 8.05. The highest BCUT2D eigenvalue weighted by Gasteiger charge is 2.34. The van der Waals surface area contributed by atoms with Crippen molar-refractivity contribution in [3.63, 3.8) is 0 Å². The predicted octanol–water partition coefficient (Wildman–Crippen LogP) is 3.28. The van der Waals surface area contributed by atoms with Crippen molar-refractivity contribution in [1.82, 2.24) is 10.2 Å². The van der Waals surface area contributed by atoms with Gasteiger partial charge in [-0.3, -0.25) is 0 Å². The van der Waals surface area contributed by atoms with Gasteiger partial charge >= 0.3 is 0 Å². The van der Waals surface area contributed by atoms with E-state index in [1.165, 1.54) is 64.7 Å². The summed E-state index contributed by atoms with van der Waals surface area (Å²) in [7, 11) is 0. The summed E-state index contributed by atoms with van der Waals surface area (Å²) in [5, 5.41) is 3.48. The molecule has 106 valence electrons. The minimum atomic E-state index is 0.588. The van der Waals surface area contributed by atoms with Gasteiger partial charge in [-0.2, -0.15) is 0 Å². The first-order chi connectivity index (χ1) is 8.61. The topological polar surface area (TPSA) is 15.3 Å². The van der Waals surface area contributed by atoms with Gasteiger partial charge < -0.3 is 10.2 Å². The molecule has 0 radical (unpaired) electrons. The Morgan fingerprint density at radius 1 is 1.17 bits per heavy atom. The van der Waals surface area contributed by atoms with Crippen LogP contribution < -0.4 is 5.32 Å². The smallest absolute Gasteiger partial charge is 0.0101 e. The minimum absolute atomic E-state index is 0.588. The van der Waals surface area contributed by atoms with Crippen LogP contribution in [0.25, 0.3) is 0 Å². The van der Waals surface area contributed by atoms with Crippen LogP contribution in [0.2, 0.25) is 0 Å². The van der Waals surface area contributed by atoms with E-state index in [2.05, 4.69) is 31.0 Å². The number of nitrogens with zero attached hydrogens (tertiary/aromatic N) is 1. The number of hydrogen-bond acceptors (Lipinski definition) is 2. The van der Waals surface area contributed by atoms with Crippen molar-refractivity contribution >= 4 is 0 Å². The standard InChI is InChI=1S/C16H32N2/c1-4-11-18(13-14-6-9-17-10-7-14)15-5-8-16(2,3)12-15/h14-15,17H,4-13H2,1-3H3. The van der Waals surface area contributed by atoms with Gasteiger partial charge in [0.25, 0.3) is 0 Å². The van der Waals surface area contributed by atoms with Gasteiger partial charge in [0.15, 0.2) is 0 Å². The molecule has 1 saturated carbocycles. The molecule has 2 rings (SSSR count). The zero-order valence-electron chi connectivity index (χ0n) is 12.7. The van der Waals surface area contributed by atoms with Gasteiger partial charge in [0.1, 0.15) is 0 Å². The molecule has 2 nitrogen and oxygen atoms in total. The van der Waals surface area contributed by atoms with Crippen molar-refractivity contribution in [3.8, 4) is 0 Å². The van der Waals surface area contributed by atoms with Gasteiger partial charge in [-0.1, -0.05) is 20.8 Å². The van der Waals surface area contributed by atoms with Gasteiger partial charge in [0.2, 0.25) is 0 Å². The van der Waals surface area contributed by atoms with Gasteiger partial charge in [-0.05, 0) is 69.5 Å². The molecule has 2 heteroatoms. The SMILES string of the molecule is CCCN(CC1CCNCC1)C1CCC(C)(C)C1. The molecule has 1 N–H and O–H groups in total. The molecule has 18 heavy (non-hydrogen) atoms. The second kappa shape index (κ2) is 6.38. The zero-order chi connectivity index (χ0) is 13.0. The molecule has 0 amide bonds. The molecular formula is C16H32N2. The normalized spacial score (nSPS) is 29.0. The summed E-state index contributed by atoms with van der Waals surface area (Å²) in [4.78, 5) is 2.82. The summed E-state index contributed by atoms with van der Waals surface area (Å²) < 4.78 is 0. The Morgan fingerprint density at radius 3 is 2.44 bits per heavy atom. The van der Waals surface area contributed by atoms with E-state index in [4.69, 9.17) is 0 Å². The van der Waals surface area contributed by atoms with Crippen LogP contribution in [0.3, 0.4) is 0 Å². The van der Waals surface area contributed by atoms with Crippen LogP contribution in [-0.2, 0) is 0 Å². The van der Waals surface area contributed by atoms with Crippen LogP contribution in [0, 0.1) is 11.3 Å². The lowest BCUT2D eigenvalue weighted by molar-refractivity contribution is 0.145. The van der Waals surface area contributed by atoms with E-state index >= 15 is 0 Å². The highest BCUT2D eigenvalue weighted by molar-refractivity contribution is 4.89. The average Bonchev–Trinajstić information content (AvgIpc) is 2.70. The highest BCUT2D eigenvalue weighted by atomic mass is 15.2. The van der Waals surface area contributed by atoms with Gasteiger partial charge in [-0.15, -0.1) is 0 Å². The van der Waals surface area contributed by atoms with Crippen molar-refractivity contribution in [2.24, 2.45) is 11.3 Å². The predicted molar refractivity (Wildman–Crippen MR) is 78.9 cm³/mol. The largest absolute Gasteiger partial charge is 0.317 e. The maximum Gasteiger partial charge on any atom is 0.0101 e. The van der Waals surface area contributed by atoms with Gasteiger partial charge in [-0.25, -0.2) is 0 Å². The molecule has 2 fully saturated rings. The number of piperidine rings is 1. The summed E-state index contributed by atoms with van der Waals surface area (Å²) in [5.74, 6) is 0.946. The average molecular weight is 252 g/mol.